The number of hydrogen-bond acceptors (Lipinski definition) is 5. The lowest BCUT2D eigenvalue weighted by Crippen LogP contribution is -2.37. The van der Waals surface area contributed by atoms with Crippen LogP contribution < -0.4 is 4.74 Å². The van der Waals surface area contributed by atoms with E-state index in [9.17, 15) is 4.79 Å². The van der Waals surface area contributed by atoms with Gasteiger partial charge in [0.05, 0.1) is 16.3 Å². The Hall–Kier alpha value is -3.81. The third-order valence-electron chi connectivity index (χ3n) is 7.07. The molecular weight excluding hydrogens is 540 g/mol. The molecule has 0 aliphatic carbocycles. The SMILES string of the molecule is C[C@@H]1CCCN(C2=NC(=O)/C(=C\c3cn(-c4ccccc4)nc3-c3ccc(OCc4ccccc4Cl)cc3)S2)C1. The Morgan fingerprint density at radius 3 is 2.60 bits per heavy atom. The van der Waals surface area contributed by atoms with Gasteiger partial charge in [0.1, 0.15) is 12.4 Å². The van der Waals surface area contributed by atoms with Crippen molar-refractivity contribution in [3.63, 3.8) is 0 Å². The van der Waals surface area contributed by atoms with Gasteiger partial charge in [-0.05, 0) is 79.1 Å². The molecule has 202 valence electrons. The fourth-order valence-corrected chi connectivity index (χ4v) is 6.08. The number of halogens is 1. The molecule has 1 saturated heterocycles. The Kier molecular flexibility index (Phi) is 7.75. The van der Waals surface area contributed by atoms with Crippen LogP contribution in [0.3, 0.4) is 0 Å². The van der Waals surface area contributed by atoms with E-state index in [1.807, 2.05) is 95.8 Å². The van der Waals surface area contributed by atoms with E-state index >= 15 is 0 Å². The third kappa shape index (κ3) is 5.86. The molecule has 4 aromatic rings. The normalized spacial score (nSPS) is 18.3. The molecule has 1 amide bonds. The molecule has 1 aromatic heterocycles. The molecule has 3 aromatic carbocycles. The standard InChI is InChI=1S/C32H29ClN4O2S/c1-22-8-7-17-36(19-22)32-34-31(38)29(40-32)18-25-20-37(26-10-3-2-4-11-26)35-30(25)23-13-15-27(16-14-23)39-21-24-9-5-6-12-28(24)33/h2-6,9-16,18,20,22H,7-8,17,19,21H2,1H3/b29-18+/t22-/m1/s1. The van der Waals surface area contributed by atoms with Gasteiger partial charge < -0.3 is 9.64 Å². The Morgan fingerprint density at radius 2 is 1.82 bits per heavy atom. The monoisotopic (exact) mass is 568 g/mol. The Labute approximate surface area is 243 Å². The van der Waals surface area contributed by atoms with E-state index in [1.165, 1.54) is 18.2 Å². The van der Waals surface area contributed by atoms with Gasteiger partial charge in [-0.3, -0.25) is 4.79 Å². The summed E-state index contributed by atoms with van der Waals surface area (Å²) < 4.78 is 7.83. The predicted molar refractivity (Wildman–Crippen MR) is 163 cm³/mol. The molecule has 2 aliphatic heterocycles. The highest BCUT2D eigenvalue weighted by Crippen LogP contribution is 2.35. The highest BCUT2D eigenvalue weighted by atomic mass is 35.5. The van der Waals surface area contributed by atoms with Crippen LogP contribution in [0.1, 0.15) is 30.9 Å². The second kappa shape index (κ2) is 11.7. The molecule has 8 heteroatoms. The summed E-state index contributed by atoms with van der Waals surface area (Å²) in [5.41, 5.74) is 4.43. The summed E-state index contributed by atoms with van der Waals surface area (Å²) in [5, 5.41) is 6.41. The van der Waals surface area contributed by atoms with Gasteiger partial charge >= 0.3 is 0 Å². The van der Waals surface area contributed by atoms with E-state index in [1.54, 1.807) is 0 Å². The molecule has 1 atom stereocenters. The number of likely N-dealkylation sites (tertiary alicyclic amines) is 1. The van der Waals surface area contributed by atoms with Gasteiger partial charge in [0, 0.05) is 41.0 Å². The van der Waals surface area contributed by atoms with Crippen molar-refractivity contribution in [2.75, 3.05) is 13.1 Å². The number of carbonyl (C=O) groups is 1. The first-order valence-electron chi connectivity index (χ1n) is 13.4. The molecule has 6 nitrogen and oxygen atoms in total. The van der Waals surface area contributed by atoms with E-state index in [0.717, 1.165) is 58.5 Å². The molecule has 0 spiro atoms. The van der Waals surface area contributed by atoms with Gasteiger partial charge in [-0.1, -0.05) is 54.9 Å². The molecule has 0 saturated carbocycles. The summed E-state index contributed by atoms with van der Waals surface area (Å²) in [5.74, 6) is 1.15. The second-order valence-electron chi connectivity index (χ2n) is 10.1. The number of nitrogens with zero attached hydrogens (tertiary/aromatic N) is 4. The Bertz CT molecular complexity index is 1580. The van der Waals surface area contributed by atoms with Gasteiger partial charge in [0.25, 0.3) is 5.91 Å². The molecule has 0 unspecified atom stereocenters. The number of aromatic nitrogens is 2. The molecule has 1 fully saturated rings. The Morgan fingerprint density at radius 1 is 1.05 bits per heavy atom. The number of para-hydroxylation sites is 1. The van der Waals surface area contributed by atoms with Crippen LogP contribution in [0.25, 0.3) is 23.0 Å². The zero-order chi connectivity index (χ0) is 27.5. The maximum atomic E-state index is 12.9. The van der Waals surface area contributed by atoms with Crippen molar-refractivity contribution >= 4 is 40.5 Å². The highest BCUT2D eigenvalue weighted by Gasteiger charge is 2.29. The molecular formula is C32H29ClN4O2S. The number of piperidine rings is 1. The number of aliphatic imine (C=N–C) groups is 1. The zero-order valence-electron chi connectivity index (χ0n) is 22.2. The summed E-state index contributed by atoms with van der Waals surface area (Å²) in [6, 6.07) is 25.5. The lowest BCUT2D eigenvalue weighted by molar-refractivity contribution is -0.113. The Balaban J connectivity index is 1.27. The van der Waals surface area contributed by atoms with Crippen molar-refractivity contribution in [3.8, 4) is 22.7 Å². The first-order chi connectivity index (χ1) is 19.5. The molecule has 3 heterocycles. The van der Waals surface area contributed by atoms with Gasteiger partial charge in [-0.15, -0.1) is 0 Å². The summed E-state index contributed by atoms with van der Waals surface area (Å²) in [6.07, 6.45) is 6.23. The number of amidine groups is 1. The molecule has 0 radical (unpaired) electrons. The topological polar surface area (TPSA) is 59.7 Å². The van der Waals surface area contributed by atoms with Crippen molar-refractivity contribution in [3.05, 3.63) is 106 Å². The minimum absolute atomic E-state index is 0.194. The van der Waals surface area contributed by atoms with Crippen molar-refractivity contribution in [2.24, 2.45) is 10.9 Å². The minimum Gasteiger partial charge on any atom is -0.489 e. The minimum atomic E-state index is -0.194. The first kappa shape index (κ1) is 26.4. The highest BCUT2D eigenvalue weighted by molar-refractivity contribution is 8.18. The number of hydrogen-bond donors (Lipinski definition) is 0. The number of carbonyl (C=O) groups excluding carboxylic acids is 1. The number of thioether (sulfide) groups is 1. The number of benzene rings is 3. The van der Waals surface area contributed by atoms with Crippen molar-refractivity contribution in [1.29, 1.82) is 0 Å². The smallest absolute Gasteiger partial charge is 0.286 e. The molecule has 0 bridgehead atoms. The fraction of sp³-hybridized carbons (Fsp3) is 0.219. The number of amides is 1. The van der Waals surface area contributed by atoms with Crippen LogP contribution in [0, 0.1) is 5.92 Å². The largest absolute Gasteiger partial charge is 0.489 e. The average molecular weight is 569 g/mol. The van der Waals surface area contributed by atoms with Crippen LogP contribution in [0.5, 0.6) is 5.75 Å². The summed E-state index contributed by atoms with van der Waals surface area (Å²) in [7, 11) is 0. The summed E-state index contributed by atoms with van der Waals surface area (Å²) in [4.78, 5) is 20.2. The van der Waals surface area contributed by atoms with Crippen molar-refractivity contribution < 1.29 is 9.53 Å². The van der Waals surface area contributed by atoms with Gasteiger partial charge in [0.2, 0.25) is 0 Å². The lowest BCUT2D eigenvalue weighted by Gasteiger charge is -2.31. The third-order valence-corrected chi connectivity index (χ3v) is 8.48. The maximum absolute atomic E-state index is 12.9. The quantitative estimate of drug-likeness (QED) is 0.226. The van der Waals surface area contributed by atoms with Crippen LogP contribution in [0.2, 0.25) is 5.02 Å². The van der Waals surface area contributed by atoms with Crippen LogP contribution in [0.15, 0.2) is 95.0 Å². The van der Waals surface area contributed by atoms with E-state index < -0.39 is 0 Å². The number of rotatable bonds is 6. The molecule has 2 aliphatic rings. The second-order valence-corrected chi connectivity index (χ2v) is 11.5. The zero-order valence-corrected chi connectivity index (χ0v) is 23.7. The first-order valence-corrected chi connectivity index (χ1v) is 14.6. The summed E-state index contributed by atoms with van der Waals surface area (Å²) in [6.45, 7) is 4.52. The van der Waals surface area contributed by atoms with Crippen LogP contribution >= 0.6 is 23.4 Å². The van der Waals surface area contributed by atoms with Crippen LogP contribution in [-0.4, -0.2) is 38.8 Å². The average Bonchev–Trinajstić information content (AvgIpc) is 3.57. The maximum Gasteiger partial charge on any atom is 0.286 e. The van der Waals surface area contributed by atoms with Gasteiger partial charge in [-0.25, -0.2) is 4.68 Å². The number of ether oxygens (including phenoxy) is 1. The van der Waals surface area contributed by atoms with Crippen LogP contribution in [0.4, 0.5) is 0 Å². The lowest BCUT2D eigenvalue weighted by atomic mass is 10.0. The van der Waals surface area contributed by atoms with E-state index in [2.05, 4.69) is 16.8 Å². The summed E-state index contributed by atoms with van der Waals surface area (Å²) >= 11 is 7.73. The van der Waals surface area contributed by atoms with E-state index in [-0.39, 0.29) is 5.91 Å². The van der Waals surface area contributed by atoms with E-state index in [4.69, 9.17) is 21.4 Å². The molecule has 40 heavy (non-hydrogen) atoms. The van der Waals surface area contributed by atoms with Gasteiger partial charge in [0.15, 0.2) is 5.17 Å². The molecule has 6 rings (SSSR count). The fourth-order valence-electron chi connectivity index (χ4n) is 4.95. The molecule has 0 N–H and O–H groups in total. The van der Waals surface area contributed by atoms with Crippen molar-refractivity contribution in [2.45, 2.75) is 26.4 Å². The van der Waals surface area contributed by atoms with E-state index in [0.29, 0.717) is 22.5 Å². The van der Waals surface area contributed by atoms with Crippen LogP contribution in [-0.2, 0) is 11.4 Å². The predicted octanol–water partition coefficient (Wildman–Crippen LogP) is 7.47. The van der Waals surface area contributed by atoms with Crippen molar-refractivity contribution in [1.82, 2.24) is 14.7 Å². The van der Waals surface area contributed by atoms with Gasteiger partial charge in [-0.2, -0.15) is 10.1 Å².